The molecule has 2 heterocycles. The predicted molar refractivity (Wildman–Crippen MR) is 90.0 cm³/mol. The molecule has 5 heteroatoms. The van der Waals surface area contributed by atoms with Gasteiger partial charge in [-0.3, -0.25) is 10.2 Å². The number of hydrogen-bond acceptors (Lipinski definition) is 5. The van der Waals surface area contributed by atoms with Crippen molar-refractivity contribution < 1.29 is 5.11 Å². The zero-order chi connectivity index (χ0) is 14.9. The number of hydrogen-bond donors (Lipinski definition) is 3. The van der Waals surface area contributed by atoms with E-state index in [0.29, 0.717) is 6.54 Å². The second-order valence-corrected chi connectivity index (χ2v) is 6.58. The van der Waals surface area contributed by atoms with Gasteiger partial charge in [0.2, 0.25) is 0 Å². The van der Waals surface area contributed by atoms with Crippen molar-refractivity contribution in [3.05, 3.63) is 29.1 Å². The second kappa shape index (κ2) is 5.93. The van der Waals surface area contributed by atoms with Crippen LogP contribution in [0.5, 0.6) is 0 Å². The van der Waals surface area contributed by atoms with Gasteiger partial charge in [0, 0.05) is 48.0 Å². The summed E-state index contributed by atoms with van der Waals surface area (Å²) in [5.74, 6) is 0. The number of anilines is 1. The monoisotopic (exact) mass is 305 g/mol. The fraction of sp³-hybridized carbons (Fsp3) is 0.500. The average Bonchev–Trinajstić information content (AvgIpc) is 2.91. The summed E-state index contributed by atoms with van der Waals surface area (Å²) in [6.07, 6.45) is 1.12. The van der Waals surface area contributed by atoms with Gasteiger partial charge in [0.25, 0.3) is 0 Å². The maximum absolute atomic E-state index is 11.1. The van der Waals surface area contributed by atoms with Crippen molar-refractivity contribution >= 4 is 27.1 Å². The first kappa shape index (κ1) is 14.8. The molecule has 0 radical (unpaired) electrons. The highest BCUT2D eigenvalue weighted by Gasteiger charge is 2.36. The molecule has 114 valence electrons. The first-order valence-electron chi connectivity index (χ1n) is 7.55. The molecule has 2 aromatic rings. The van der Waals surface area contributed by atoms with Crippen LogP contribution in [0.3, 0.4) is 0 Å². The lowest BCUT2D eigenvalue weighted by Crippen LogP contribution is -2.58. The van der Waals surface area contributed by atoms with Gasteiger partial charge in [0.1, 0.15) is 0 Å². The molecule has 1 aromatic heterocycles. The summed E-state index contributed by atoms with van der Waals surface area (Å²) in [5.41, 5.74) is 1.17. The summed E-state index contributed by atoms with van der Waals surface area (Å²) >= 11 is 1.69. The van der Waals surface area contributed by atoms with Crippen molar-refractivity contribution in [1.29, 1.82) is 0 Å². The molecule has 3 N–H and O–H groups in total. The van der Waals surface area contributed by atoms with Crippen LogP contribution >= 0.6 is 11.3 Å². The number of piperazine rings is 1. The van der Waals surface area contributed by atoms with E-state index in [-0.39, 0.29) is 0 Å². The molecule has 4 nitrogen and oxygen atoms in total. The van der Waals surface area contributed by atoms with E-state index in [9.17, 15) is 5.11 Å². The predicted octanol–water partition coefficient (Wildman–Crippen LogP) is 2.40. The number of rotatable bonds is 4. The Morgan fingerprint density at radius 3 is 3.10 bits per heavy atom. The van der Waals surface area contributed by atoms with E-state index in [2.05, 4.69) is 46.0 Å². The van der Waals surface area contributed by atoms with Crippen LogP contribution in [0.25, 0.3) is 10.1 Å². The van der Waals surface area contributed by atoms with Gasteiger partial charge >= 0.3 is 0 Å². The number of β-amino-alcohol motifs (C(OH)–C–C–N with tert-alkyl or cyclic N) is 1. The minimum Gasteiger partial charge on any atom is -0.388 e. The minimum atomic E-state index is -0.938. The molecule has 1 unspecified atom stereocenters. The molecular formula is C16H23N3OS. The summed E-state index contributed by atoms with van der Waals surface area (Å²) < 4.78 is 1.21. The van der Waals surface area contributed by atoms with Gasteiger partial charge in [-0.25, -0.2) is 0 Å². The maximum atomic E-state index is 11.1. The number of fused-ring (bicyclic) bond motifs is 1. The highest BCUT2D eigenvalue weighted by molar-refractivity contribution is 7.17. The molecular weight excluding hydrogens is 282 g/mol. The fourth-order valence-corrected chi connectivity index (χ4v) is 4.14. The van der Waals surface area contributed by atoms with Crippen molar-refractivity contribution in [3.63, 3.8) is 0 Å². The molecule has 1 saturated heterocycles. The van der Waals surface area contributed by atoms with Crippen molar-refractivity contribution in [2.75, 3.05) is 38.5 Å². The van der Waals surface area contributed by atoms with Gasteiger partial charge < -0.3 is 10.4 Å². The van der Waals surface area contributed by atoms with Crippen LogP contribution in [0.4, 0.5) is 5.69 Å². The zero-order valence-corrected chi connectivity index (χ0v) is 13.5. The Bertz CT molecular complexity index is 625. The lowest BCUT2D eigenvalue weighted by atomic mass is 9.99. The second-order valence-electron chi connectivity index (χ2n) is 5.67. The van der Waals surface area contributed by atoms with Crippen LogP contribution in [-0.4, -0.2) is 43.2 Å². The van der Waals surface area contributed by atoms with Gasteiger partial charge in [-0.15, -0.1) is 11.3 Å². The maximum Gasteiger partial charge on any atom is 0.156 e. The molecule has 1 aliphatic rings. The van der Waals surface area contributed by atoms with Gasteiger partial charge in [-0.05, 0) is 30.5 Å². The summed E-state index contributed by atoms with van der Waals surface area (Å²) in [4.78, 5) is 2.34. The lowest BCUT2D eigenvalue weighted by Gasteiger charge is -2.40. The Labute approximate surface area is 129 Å². The van der Waals surface area contributed by atoms with Gasteiger partial charge in [0.05, 0.1) is 0 Å². The number of thiophene rings is 1. The normalized spacial score (nSPS) is 23.6. The topological polar surface area (TPSA) is 47.5 Å². The third-order valence-corrected chi connectivity index (χ3v) is 5.09. The Balaban J connectivity index is 1.95. The first-order chi connectivity index (χ1) is 10.2. The van der Waals surface area contributed by atoms with Crippen LogP contribution < -0.4 is 10.6 Å². The Kier molecular flexibility index (Phi) is 4.17. The van der Waals surface area contributed by atoms with E-state index < -0.39 is 5.72 Å². The highest BCUT2D eigenvalue weighted by atomic mass is 32.1. The molecule has 0 spiro atoms. The Morgan fingerprint density at radius 2 is 2.33 bits per heavy atom. The van der Waals surface area contributed by atoms with Crippen molar-refractivity contribution in [3.8, 4) is 0 Å². The first-order valence-corrected chi connectivity index (χ1v) is 8.43. The van der Waals surface area contributed by atoms with Gasteiger partial charge in [-0.2, -0.15) is 0 Å². The van der Waals surface area contributed by atoms with Gasteiger partial charge in [0.15, 0.2) is 5.72 Å². The number of nitrogens with one attached hydrogen (secondary N) is 2. The quantitative estimate of drug-likeness (QED) is 0.812. The molecule has 0 aliphatic carbocycles. The largest absolute Gasteiger partial charge is 0.388 e. The summed E-state index contributed by atoms with van der Waals surface area (Å²) in [7, 11) is 1.93. The molecule has 1 aliphatic heterocycles. The Hall–Kier alpha value is -1.14. The molecule has 0 saturated carbocycles. The van der Waals surface area contributed by atoms with Gasteiger partial charge in [-0.1, -0.05) is 13.0 Å². The minimum absolute atomic E-state index is 0.653. The van der Waals surface area contributed by atoms with Crippen molar-refractivity contribution in [1.82, 2.24) is 10.2 Å². The number of benzene rings is 1. The molecule has 0 bridgehead atoms. The van der Waals surface area contributed by atoms with E-state index in [1.54, 1.807) is 11.3 Å². The Morgan fingerprint density at radius 1 is 1.48 bits per heavy atom. The summed E-state index contributed by atoms with van der Waals surface area (Å²) in [6, 6.07) is 6.31. The number of nitrogens with zero attached hydrogens (tertiary/aromatic N) is 1. The summed E-state index contributed by atoms with van der Waals surface area (Å²) in [6.45, 7) is 5.70. The molecule has 21 heavy (non-hydrogen) atoms. The van der Waals surface area contributed by atoms with Crippen LogP contribution in [0, 0.1) is 0 Å². The SMILES string of the molecule is CCCN1CCNC(O)(c2csc3cc(NC)ccc23)C1. The molecule has 1 fully saturated rings. The van der Waals surface area contributed by atoms with Crippen molar-refractivity contribution in [2.24, 2.45) is 0 Å². The zero-order valence-electron chi connectivity index (χ0n) is 12.6. The van der Waals surface area contributed by atoms with E-state index >= 15 is 0 Å². The highest BCUT2D eigenvalue weighted by Crippen LogP contribution is 2.35. The molecule has 0 amide bonds. The van der Waals surface area contributed by atoms with E-state index in [0.717, 1.165) is 42.7 Å². The standard InChI is InChI=1S/C16H23N3OS/c1-3-7-19-8-6-18-16(20,11-19)14-10-21-15-9-12(17-2)4-5-13(14)15/h4-5,9-10,17-18,20H,3,6-8,11H2,1-2H3. The third-order valence-electron chi connectivity index (χ3n) is 4.15. The molecule has 1 atom stereocenters. The third kappa shape index (κ3) is 2.79. The van der Waals surface area contributed by atoms with Crippen LogP contribution in [0.2, 0.25) is 0 Å². The van der Waals surface area contributed by atoms with E-state index in [1.807, 2.05) is 7.05 Å². The van der Waals surface area contributed by atoms with E-state index in [1.165, 1.54) is 4.70 Å². The fourth-order valence-electron chi connectivity index (χ4n) is 3.07. The summed E-state index contributed by atoms with van der Waals surface area (Å²) in [5, 5.41) is 20.8. The molecule has 1 aromatic carbocycles. The smallest absolute Gasteiger partial charge is 0.156 e. The van der Waals surface area contributed by atoms with E-state index in [4.69, 9.17) is 0 Å². The number of aliphatic hydroxyl groups is 1. The van der Waals surface area contributed by atoms with Crippen LogP contribution in [-0.2, 0) is 5.72 Å². The molecule has 3 rings (SSSR count). The van der Waals surface area contributed by atoms with Crippen LogP contribution in [0.15, 0.2) is 23.6 Å². The lowest BCUT2D eigenvalue weighted by molar-refractivity contribution is -0.0536. The van der Waals surface area contributed by atoms with Crippen LogP contribution in [0.1, 0.15) is 18.9 Å². The average molecular weight is 305 g/mol. The van der Waals surface area contributed by atoms with Crippen molar-refractivity contribution in [2.45, 2.75) is 19.1 Å².